The Morgan fingerprint density at radius 2 is 2.23 bits per heavy atom. The molecule has 1 rings (SSSR count). The predicted molar refractivity (Wildman–Crippen MR) is 42.2 cm³/mol. The van der Waals surface area contributed by atoms with Crippen LogP contribution in [0.15, 0.2) is 12.3 Å². The Labute approximate surface area is 74.8 Å². The van der Waals surface area contributed by atoms with Gasteiger partial charge in [-0.2, -0.15) is 13.2 Å². The van der Waals surface area contributed by atoms with Gasteiger partial charge in [-0.15, -0.1) is 0 Å². The van der Waals surface area contributed by atoms with Crippen molar-refractivity contribution in [3.05, 3.63) is 12.3 Å². The predicted octanol–water partition coefficient (Wildman–Crippen LogP) is 1.83. The maximum absolute atomic E-state index is 11.7. The molecule has 0 bridgehead atoms. The van der Waals surface area contributed by atoms with Crippen molar-refractivity contribution in [2.45, 2.75) is 25.1 Å². The number of nitrogens with one attached hydrogen (secondary N) is 1. The molecule has 76 valence electrons. The van der Waals surface area contributed by atoms with E-state index in [1.54, 1.807) is 6.26 Å². The van der Waals surface area contributed by atoms with Gasteiger partial charge in [-0.3, -0.25) is 0 Å². The summed E-state index contributed by atoms with van der Waals surface area (Å²) in [6, 6.07) is 0. The number of hydrogen-bond donors (Lipinski definition) is 1. The first-order chi connectivity index (χ1) is 6.08. The van der Waals surface area contributed by atoms with Crippen molar-refractivity contribution in [3.63, 3.8) is 0 Å². The second-order valence-corrected chi connectivity index (χ2v) is 2.95. The fraction of sp³-hybridized carbons (Fsp3) is 0.750. The number of halogens is 3. The van der Waals surface area contributed by atoms with Crippen LogP contribution in [0.3, 0.4) is 0 Å². The maximum atomic E-state index is 11.7. The van der Waals surface area contributed by atoms with E-state index in [9.17, 15) is 13.2 Å². The van der Waals surface area contributed by atoms with Crippen molar-refractivity contribution in [1.82, 2.24) is 5.32 Å². The van der Waals surface area contributed by atoms with Gasteiger partial charge in [-0.05, 0) is 18.9 Å². The summed E-state index contributed by atoms with van der Waals surface area (Å²) in [5, 5.41) is 2.31. The Hall–Kier alpha value is -0.710. The maximum Gasteiger partial charge on any atom is 0.401 e. The fourth-order valence-electron chi connectivity index (χ4n) is 1.11. The van der Waals surface area contributed by atoms with Crippen LogP contribution in [0.5, 0.6) is 0 Å². The molecule has 0 saturated carbocycles. The molecule has 0 radical (unpaired) electrons. The highest BCUT2D eigenvalue weighted by atomic mass is 19.4. The summed E-state index contributed by atoms with van der Waals surface area (Å²) in [6.45, 7) is -0.694. The van der Waals surface area contributed by atoms with Gasteiger partial charge >= 0.3 is 6.18 Å². The number of hydrogen-bond acceptors (Lipinski definition) is 2. The molecule has 1 aliphatic rings. The van der Waals surface area contributed by atoms with E-state index in [1.165, 1.54) is 0 Å². The zero-order valence-electron chi connectivity index (χ0n) is 7.10. The molecule has 0 aromatic carbocycles. The molecule has 1 N–H and O–H groups in total. The summed E-state index contributed by atoms with van der Waals surface area (Å²) in [4.78, 5) is 0. The van der Waals surface area contributed by atoms with Gasteiger partial charge in [-0.25, -0.2) is 0 Å². The number of ether oxygens (including phenoxy) is 1. The van der Waals surface area contributed by atoms with Crippen LogP contribution in [0, 0.1) is 0 Å². The number of rotatable bonds is 3. The zero-order valence-corrected chi connectivity index (χ0v) is 7.10. The van der Waals surface area contributed by atoms with Gasteiger partial charge in [0.25, 0.3) is 0 Å². The second-order valence-electron chi connectivity index (χ2n) is 2.95. The number of alkyl halides is 3. The highest BCUT2D eigenvalue weighted by Gasteiger charge is 2.26. The van der Waals surface area contributed by atoms with Gasteiger partial charge in [0.05, 0.1) is 12.8 Å². The van der Waals surface area contributed by atoms with Gasteiger partial charge in [0, 0.05) is 6.54 Å². The van der Waals surface area contributed by atoms with Crippen molar-refractivity contribution in [1.29, 1.82) is 0 Å². The van der Waals surface area contributed by atoms with Crippen LogP contribution in [-0.2, 0) is 4.74 Å². The SMILES string of the molecule is FC(F)(F)CNCC1CCC=CO1. The van der Waals surface area contributed by atoms with E-state index in [0.717, 1.165) is 12.8 Å². The first-order valence-electron chi connectivity index (χ1n) is 4.16. The lowest BCUT2D eigenvalue weighted by Gasteiger charge is -2.20. The highest BCUT2D eigenvalue weighted by Crippen LogP contribution is 2.13. The molecule has 1 atom stereocenters. The Morgan fingerprint density at radius 1 is 1.46 bits per heavy atom. The van der Waals surface area contributed by atoms with Crippen molar-refractivity contribution in [2.24, 2.45) is 0 Å². The highest BCUT2D eigenvalue weighted by molar-refractivity contribution is 4.83. The van der Waals surface area contributed by atoms with Crippen LogP contribution < -0.4 is 5.32 Å². The minimum atomic E-state index is -4.13. The molecule has 0 saturated heterocycles. The van der Waals surface area contributed by atoms with E-state index >= 15 is 0 Å². The van der Waals surface area contributed by atoms with E-state index in [2.05, 4.69) is 5.32 Å². The van der Waals surface area contributed by atoms with Crippen LogP contribution in [0.1, 0.15) is 12.8 Å². The summed E-state index contributed by atoms with van der Waals surface area (Å²) in [7, 11) is 0. The normalized spacial score (nSPS) is 22.8. The monoisotopic (exact) mass is 195 g/mol. The zero-order chi connectivity index (χ0) is 9.73. The quantitative estimate of drug-likeness (QED) is 0.741. The standard InChI is InChI=1S/C8H12F3NO/c9-8(10,11)6-12-5-7-3-1-2-4-13-7/h2,4,7,12H,1,3,5-6H2. The summed E-state index contributed by atoms with van der Waals surface area (Å²) < 4.78 is 40.2. The minimum absolute atomic E-state index is 0.118. The third-order valence-corrected chi connectivity index (χ3v) is 1.72. The molecule has 0 amide bonds. The van der Waals surface area contributed by atoms with E-state index in [0.29, 0.717) is 0 Å². The van der Waals surface area contributed by atoms with Crippen molar-refractivity contribution in [2.75, 3.05) is 13.1 Å². The Balaban J connectivity index is 2.09. The first kappa shape index (κ1) is 10.4. The van der Waals surface area contributed by atoms with Crippen molar-refractivity contribution in [3.8, 4) is 0 Å². The summed E-state index contributed by atoms with van der Waals surface area (Å²) in [5.41, 5.74) is 0. The van der Waals surface area contributed by atoms with E-state index in [1.807, 2.05) is 6.08 Å². The summed E-state index contributed by atoms with van der Waals surface area (Å²) in [6.07, 6.45) is 0.806. The molecular weight excluding hydrogens is 183 g/mol. The second kappa shape index (κ2) is 4.50. The lowest BCUT2D eigenvalue weighted by atomic mass is 10.1. The molecule has 13 heavy (non-hydrogen) atoms. The molecule has 1 unspecified atom stereocenters. The molecule has 5 heteroatoms. The first-order valence-corrected chi connectivity index (χ1v) is 4.16. The van der Waals surface area contributed by atoms with Gasteiger partial charge in [0.15, 0.2) is 0 Å². The third kappa shape index (κ3) is 4.77. The Bertz CT molecular complexity index is 179. The molecule has 0 aromatic heterocycles. The average molecular weight is 195 g/mol. The van der Waals surface area contributed by atoms with Gasteiger partial charge in [0.1, 0.15) is 6.10 Å². The molecule has 1 heterocycles. The molecular formula is C8H12F3NO. The molecule has 2 nitrogen and oxygen atoms in total. The van der Waals surface area contributed by atoms with Crippen LogP contribution in [0.4, 0.5) is 13.2 Å². The fourth-order valence-corrected chi connectivity index (χ4v) is 1.11. The molecule has 0 spiro atoms. The molecule has 0 aliphatic carbocycles. The van der Waals surface area contributed by atoms with E-state index in [4.69, 9.17) is 4.74 Å². The van der Waals surface area contributed by atoms with Gasteiger partial charge < -0.3 is 10.1 Å². The largest absolute Gasteiger partial charge is 0.497 e. The lowest BCUT2D eigenvalue weighted by molar-refractivity contribution is -0.125. The van der Waals surface area contributed by atoms with Gasteiger partial charge in [0.2, 0.25) is 0 Å². The van der Waals surface area contributed by atoms with Crippen LogP contribution in [0.25, 0.3) is 0 Å². The summed E-state index contributed by atoms with van der Waals surface area (Å²) in [5.74, 6) is 0. The lowest BCUT2D eigenvalue weighted by Crippen LogP contribution is -2.35. The molecule has 0 fully saturated rings. The van der Waals surface area contributed by atoms with Crippen molar-refractivity contribution < 1.29 is 17.9 Å². The smallest absolute Gasteiger partial charge is 0.401 e. The van der Waals surface area contributed by atoms with Gasteiger partial charge in [-0.1, -0.05) is 0 Å². The van der Waals surface area contributed by atoms with E-state index in [-0.39, 0.29) is 12.6 Å². The van der Waals surface area contributed by atoms with Crippen LogP contribution >= 0.6 is 0 Å². The average Bonchev–Trinajstić information content (AvgIpc) is 2.04. The third-order valence-electron chi connectivity index (χ3n) is 1.72. The minimum Gasteiger partial charge on any atom is -0.497 e. The Morgan fingerprint density at radius 3 is 2.77 bits per heavy atom. The molecule has 1 aliphatic heterocycles. The topological polar surface area (TPSA) is 21.3 Å². The van der Waals surface area contributed by atoms with Crippen molar-refractivity contribution >= 4 is 0 Å². The van der Waals surface area contributed by atoms with Crippen LogP contribution in [0.2, 0.25) is 0 Å². The van der Waals surface area contributed by atoms with E-state index < -0.39 is 12.7 Å². The Kier molecular flexibility index (Phi) is 3.59. The number of allylic oxidation sites excluding steroid dienone is 1. The summed E-state index contributed by atoms with van der Waals surface area (Å²) >= 11 is 0. The van der Waals surface area contributed by atoms with Crippen LogP contribution in [-0.4, -0.2) is 25.4 Å². The molecule has 0 aromatic rings.